The molecule has 0 unspecified atom stereocenters. The fourth-order valence-corrected chi connectivity index (χ4v) is 2.09. The van der Waals surface area contributed by atoms with Gasteiger partial charge in [-0.05, 0) is 31.2 Å². The number of nitrogens with zero attached hydrogens (tertiary/aromatic N) is 1. The summed E-state index contributed by atoms with van der Waals surface area (Å²) in [5, 5.41) is 4.01. The van der Waals surface area contributed by atoms with Gasteiger partial charge in [-0.3, -0.25) is 0 Å². The number of rotatable bonds is 8. The number of pyridine rings is 1. The molecule has 0 atom stereocenters. The smallest absolute Gasteiger partial charge is 0.161 e. The van der Waals surface area contributed by atoms with Crippen LogP contribution in [0.5, 0.6) is 0 Å². The molecule has 0 aromatic carbocycles. The summed E-state index contributed by atoms with van der Waals surface area (Å²) in [5.41, 5.74) is 2.43. The van der Waals surface area contributed by atoms with Gasteiger partial charge < -0.3 is 15.5 Å². The molecule has 1 aromatic heterocycles. The Labute approximate surface area is 122 Å². The third-order valence-corrected chi connectivity index (χ3v) is 3.45. The van der Waals surface area contributed by atoms with E-state index in [4.69, 9.17) is 33.8 Å². The molecule has 2 rings (SSSR count). The van der Waals surface area contributed by atoms with Crippen LogP contribution in [0.1, 0.15) is 19.3 Å². The molecule has 0 amide bonds. The van der Waals surface area contributed by atoms with E-state index in [0.717, 1.165) is 32.1 Å². The molecule has 1 saturated carbocycles. The topological polar surface area (TPSA) is 72.2 Å². The van der Waals surface area contributed by atoms with Crippen molar-refractivity contribution in [2.45, 2.75) is 19.3 Å². The normalized spacial score (nSPS) is 14.5. The molecule has 7 heteroatoms. The average molecular weight is 305 g/mol. The van der Waals surface area contributed by atoms with Gasteiger partial charge in [0.2, 0.25) is 0 Å². The fraction of sp³-hybridized carbons (Fsp3) is 0.583. The quantitative estimate of drug-likeness (QED) is 0.391. The minimum Gasteiger partial charge on any atom is -0.381 e. The van der Waals surface area contributed by atoms with Gasteiger partial charge in [-0.1, -0.05) is 23.2 Å². The molecule has 0 saturated heterocycles. The minimum absolute atomic E-state index is 0.394. The lowest BCUT2D eigenvalue weighted by molar-refractivity contribution is 0.124. The maximum atomic E-state index is 6.04. The average Bonchev–Trinajstić information content (AvgIpc) is 3.20. The SMILES string of the molecule is NNc1nc(NCCCOCC2CC2)c(Cl)cc1Cl. The Morgan fingerprint density at radius 2 is 2.05 bits per heavy atom. The molecule has 0 bridgehead atoms. The predicted molar refractivity (Wildman–Crippen MR) is 78.7 cm³/mol. The third-order valence-electron chi connectivity index (χ3n) is 2.87. The van der Waals surface area contributed by atoms with E-state index in [2.05, 4.69) is 15.7 Å². The van der Waals surface area contributed by atoms with E-state index >= 15 is 0 Å². The summed E-state index contributed by atoms with van der Waals surface area (Å²) < 4.78 is 5.54. The molecule has 4 N–H and O–H groups in total. The lowest BCUT2D eigenvalue weighted by Gasteiger charge is -2.10. The Bertz CT molecular complexity index is 426. The number of hydrogen-bond donors (Lipinski definition) is 3. The van der Waals surface area contributed by atoms with Crippen molar-refractivity contribution < 1.29 is 4.74 Å². The zero-order valence-corrected chi connectivity index (χ0v) is 12.1. The molecule has 0 aliphatic heterocycles. The van der Waals surface area contributed by atoms with Crippen LogP contribution in [0, 0.1) is 5.92 Å². The summed E-state index contributed by atoms with van der Waals surface area (Å²) in [7, 11) is 0. The first-order valence-electron chi connectivity index (χ1n) is 6.35. The number of anilines is 2. The highest BCUT2D eigenvalue weighted by Gasteiger charge is 2.20. The van der Waals surface area contributed by atoms with Crippen LogP contribution in [-0.2, 0) is 4.74 Å². The van der Waals surface area contributed by atoms with E-state index in [9.17, 15) is 0 Å². The molecule has 1 fully saturated rings. The largest absolute Gasteiger partial charge is 0.381 e. The molecule has 106 valence electrons. The Hall–Kier alpha value is -0.750. The number of nitrogen functional groups attached to an aromatic ring is 1. The van der Waals surface area contributed by atoms with Crippen LogP contribution in [0.4, 0.5) is 11.6 Å². The first kappa shape index (κ1) is 14.7. The molecule has 5 nitrogen and oxygen atoms in total. The first-order chi connectivity index (χ1) is 9.20. The summed E-state index contributed by atoms with van der Waals surface area (Å²) in [6.07, 6.45) is 3.54. The number of aromatic nitrogens is 1. The highest BCUT2D eigenvalue weighted by atomic mass is 35.5. The third kappa shape index (κ3) is 4.69. The van der Waals surface area contributed by atoms with Crippen molar-refractivity contribution in [2.24, 2.45) is 11.8 Å². The number of nitrogens with two attached hydrogens (primary N) is 1. The maximum Gasteiger partial charge on any atom is 0.161 e. The number of ether oxygens (including phenoxy) is 1. The summed E-state index contributed by atoms with van der Waals surface area (Å²) >= 11 is 11.9. The highest BCUT2D eigenvalue weighted by Crippen LogP contribution is 2.29. The highest BCUT2D eigenvalue weighted by molar-refractivity contribution is 6.37. The minimum atomic E-state index is 0.394. The second-order valence-corrected chi connectivity index (χ2v) is 5.41. The van der Waals surface area contributed by atoms with Crippen LogP contribution in [0.2, 0.25) is 10.0 Å². The van der Waals surface area contributed by atoms with Crippen molar-refractivity contribution in [2.75, 3.05) is 30.5 Å². The van der Waals surface area contributed by atoms with Crippen LogP contribution < -0.4 is 16.6 Å². The second kappa shape index (κ2) is 7.14. The molecule has 1 heterocycles. The lowest BCUT2D eigenvalue weighted by Crippen LogP contribution is -2.12. The van der Waals surface area contributed by atoms with Crippen LogP contribution in [-0.4, -0.2) is 24.7 Å². The van der Waals surface area contributed by atoms with Crippen molar-refractivity contribution in [1.82, 2.24) is 4.98 Å². The maximum absolute atomic E-state index is 6.04. The van der Waals surface area contributed by atoms with Crippen molar-refractivity contribution in [3.05, 3.63) is 16.1 Å². The number of nitrogens with one attached hydrogen (secondary N) is 2. The van der Waals surface area contributed by atoms with Crippen molar-refractivity contribution >= 4 is 34.8 Å². The van der Waals surface area contributed by atoms with Gasteiger partial charge in [0.1, 0.15) is 5.82 Å². The molecule has 0 radical (unpaired) electrons. The zero-order chi connectivity index (χ0) is 13.7. The molecule has 19 heavy (non-hydrogen) atoms. The summed E-state index contributed by atoms with van der Waals surface area (Å²) in [6, 6.07) is 1.61. The molecule has 0 spiro atoms. The number of halogens is 2. The number of hydrogen-bond acceptors (Lipinski definition) is 5. The Balaban J connectivity index is 1.71. The Kier molecular flexibility index (Phi) is 5.51. The van der Waals surface area contributed by atoms with E-state index in [1.165, 1.54) is 12.8 Å². The molecule has 1 aliphatic carbocycles. The van der Waals surface area contributed by atoms with E-state index in [1.54, 1.807) is 6.07 Å². The number of hydrazine groups is 1. The second-order valence-electron chi connectivity index (χ2n) is 4.59. The standard InChI is InChI=1S/C12H18Cl2N4O/c13-9-6-10(14)12(18-15)17-11(9)16-4-1-5-19-7-8-2-3-8/h6,8H,1-5,7,15H2,(H2,16,17,18). The van der Waals surface area contributed by atoms with Gasteiger partial charge in [0.25, 0.3) is 0 Å². The van der Waals surface area contributed by atoms with Crippen molar-refractivity contribution in [1.29, 1.82) is 0 Å². The molecular weight excluding hydrogens is 287 g/mol. The Morgan fingerprint density at radius 1 is 1.32 bits per heavy atom. The van der Waals surface area contributed by atoms with Crippen LogP contribution >= 0.6 is 23.2 Å². The van der Waals surface area contributed by atoms with Gasteiger partial charge in [0, 0.05) is 19.8 Å². The van der Waals surface area contributed by atoms with E-state index in [0.29, 0.717) is 21.7 Å². The summed E-state index contributed by atoms with van der Waals surface area (Å²) in [6.45, 7) is 2.38. The summed E-state index contributed by atoms with van der Waals surface area (Å²) in [5.74, 6) is 7.09. The summed E-state index contributed by atoms with van der Waals surface area (Å²) in [4.78, 5) is 4.19. The predicted octanol–water partition coefficient (Wildman–Crippen LogP) is 2.90. The van der Waals surface area contributed by atoms with E-state index < -0.39 is 0 Å². The lowest BCUT2D eigenvalue weighted by atomic mass is 10.4. The zero-order valence-electron chi connectivity index (χ0n) is 10.6. The molecular formula is C12H18Cl2N4O. The van der Waals surface area contributed by atoms with Gasteiger partial charge in [0.15, 0.2) is 5.82 Å². The van der Waals surface area contributed by atoms with Gasteiger partial charge in [-0.15, -0.1) is 0 Å². The van der Waals surface area contributed by atoms with Gasteiger partial charge >= 0.3 is 0 Å². The van der Waals surface area contributed by atoms with E-state index in [-0.39, 0.29) is 0 Å². The van der Waals surface area contributed by atoms with Gasteiger partial charge in [-0.2, -0.15) is 0 Å². The van der Waals surface area contributed by atoms with Gasteiger partial charge in [-0.25, -0.2) is 10.8 Å². The fourth-order valence-electron chi connectivity index (χ4n) is 1.61. The monoisotopic (exact) mass is 304 g/mol. The molecule has 1 aromatic rings. The van der Waals surface area contributed by atoms with Crippen molar-refractivity contribution in [3.8, 4) is 0 Å². The molecule has 1 aliphatic rings. The van der Waals surface area contributed by atoms with Crippen LogP contribution in [0.15, 0.2) is 6.07 Å². The van der Waals surface area contributed by atoms with Crippen molar-refractivity contribution in [3.63, 3.8) is 0 Å². The Morgan fingerprint density at radius 3 is 2.74 bits per heavy atom. The van der Waals surface area contributed by atoms with Crippen LogP contribution in [0.3, 0.4) is 0 Å². The van der Waals surface area contributed by atoms with E-state index in [1.807, 2.05) is 0 Å². The van der Waals surface area contributed by atoms with Crippen LogP contribution in [0.25, 0.3) is 0 Å². The van der Waals surface area contributed by atoms with Gasteiger partial charge in [0.05, 0.1) is 10.0 Å². The first-order valence-corrected chi connectivity index (χ1v) is 7.10.